The van der Waals surface area contributed by atoms with Crippen LogP contribution in [0.1, 0.15) is 40.4 Å². The number of ether oxygens (including phenoxy) is 3. The van der Waals surface area contributed by atoms with Crippen molar-refractivity contribution in [2.45, 2.75) is 31.5 Å². The Morgan fingerprint density at radius 1 is 1.36 bits per heavy atom. The van der Waals surface area contributed by atoms with Gasteiger partial charge in [-0.2, -0.15) is 18.2 Å². The number of methoxy groups -OCH3 is 1. The van der Waals surface area contributed by atoms with Crippen molar-refractivity contribution in [3.8, 4) is 0 Å². The number of aliphatic hydroxyl groups excluding tert-OH is 1. The maximum atomic E-state index is 13.7. The van der Waals surface area contributed by atoms with Gasteiger partial charge < -0.3 is 24.6 Å². The number of benzene rings is 1. The highest BCUT2D eigenvalue weighted by Gasteiger charge is 2.45. The summed E-state index contributed by atoms with van der Waals surface area (Å²) in [4.78, 5) is 25.5. The second-order valence-electron chi connectivity index (χ2n) is 7.27. The average Bonchev–Trinajstić information content (AvgIpc) is 3.23. The van der Waals surface area contributed by atoms with E-state index in [2.05, 4.69) is 5.32 Å². The first-order valence-corrected chi connectivity index (χ1v) is 11.5. The lowest BCUT2D eigenvalue weighted by Crippen LogP contribution is -2.61. The van der Waals surface area contributed by atoms with Crippen LogP contribution < -0.4 is 5.32 Å². The van der Waals surface area contributed by atoms with Crippen LogP contribution in [-0.4, -0.2) is 74.5 Å². The molecule has 2 atom stereocenters. The first-order chi connectivity index (χ1) is 15.4. The highest BCUT2D eigenvalue weighted by atomic mass is 32.2. The minimum atomic E-state index is -4.78. The third kappa shape index (κ3) is 5.15. The van der Waals surface area contributed by atoms with Gasteiger partial charge >= 0.3 is 12.3 Å². The summed E-state index contributed by atoms with van der Waals surface area (Å²) in [6.45, 7) is -0.196. The average molecular weight is 497 g/mol. The lowest BCUT2D eigenvalue weighted by Gasteiger charge is -2.39. The standard InChI is InChI=1S/C18H22F3N3O8S/c1-30-6-7-32-17(27)24(33(2,28)29)23-15(25)11-8-10(14-4-3-5-31-14)12(18(19,20)21)9-13(11)22-16(23)26/h8-9,14,16,22,26H,3-7H2,1-2H3. The molecule has 0 aromatic heterocycles. The highest BCUT2D eigenvalue weighted by molar-refractivity contribution is 7.88. The van der Waals surface area contributed by atoms with Crippen molar-refractivity contribution in [3.63, 3.8) is 0 Å². The van der Waals surface area contributed by atoms with Gasteiger partial charge in [-0.1, -0.05) is 0 Å². The molecule has 1 aromatic rings. The first-order valence-electron chi connectivity index (χ1n) is 9.67. The van der Waals surface area contributed by atoms with Gasteiger partial charge in [-0.3, -0.25) is 4.79 Å². The number of carbonyl (C=O) groups is 2. The lowest BCUT2D eigenvalue weighted by molar-refractivity contribution is -0.139. The number of fused-ring (bicyclic) bond motifs is 1. The van der Waals surface area contributed by atoms with Gasteiger partial charge in [0.15, 0.2) is 0 Å². The highest BCUT2D eigenvalue weighted by Crippen LogP contribution is 2.43. The minimum absolute atomic E-state index is 0.0775. The first kappa shape index (κ1) is 25.0. The fraction of sp³-hybridized carbons (Fsp3) is 0.556. The number of amides is 2. The molecule has 2 aliphatic rings. The molecule has 15 heteroatoms. The molecule has 33 heavy (non-hydrogen) atoms. The SMILES string of the molecule is COCCOC(=O)N(N1C(=O)c2cc(C3CCCO3)c(C(F)(F)F)cc2NC1O)S(C)(=O)=O. The number of alkyl halides is 3. The van der Waals surface area contributed by atoms with Gasteiger partial charge in [0.2, 0.25) is 6.35 Å². The van der Waals surface area contributed by atoms with Crippen LogP contribution in [0.2, 0.25) is 0 Å². The largest absolute Gasteiger partial charge is 0.445 e. The van der Waals surface area contributed by atoms with E-state index in [1.807, 2.05) is 0 Å². The molecule has 2 unspecified atom stereocenters. The summed E-state index contributed by atoms with van der Waals surface area (Å²) in [6.07, 6.45) is -8.02. The normalized spacial score (nSPS) is 20.9. The van der Waals surface area contributed by atoms with Crippen LogP contribution in [0.25, 0.3) is 0 Å². The van der Waals surface area contributed by atoms with Crippen LogP contribution in [0.3, 0.4) is 0 Å². The molecular formula is C18H22F3N3O8S. The van der Waals surface area contributed by atoms with E-state index in [1.54, 1.807) is 0 Å². The molecule has 0 saturated carbocycles. The number of hydrazine groups is 1. The maximum absolute atomic E-state index is 13.7. The number of hydrogen-bond acceptors (Lipinski definition) is 9. The number of aliphatic hydroxyl groups is 1. The molecule has 0 radical (unpaired) electrons. The zero-order valence-corrected chi connectivity index (χ0v) is 18.4. The van der Waals surface area contributed by atoms with E-state index in [-0.39, 0.29) is 46.9 Å². The van der Waals surface area contributed by atoms with Crippen molar-refractivity contribution in [2.24, 2.45) is 0 Å². The molecule has 0 aliphatic carbocycles. The van der Waals surface area contributed by atoms with Crippen LogP contribution in [0.15, 0.2) is 12.1 Å². The quantitative estimate of drug-likeness (QED) is 0.563. The molecule has 0 bridgehead atoms. The predicted octanol–water partition coefficient (Wildman–Crippen LogP) is 1.66. The summed E-state index contributed by atoms with van der Waals surface area (Å²) in [7, 11) is -3.20. The summed E-state index contributed by atoms with van der Waals surface area (Å²) in [6, 6.07) is 1.57. The second-order valence-corrected chi connectivity index (χ2v) is 9.08. The van der Waals surface area contributed by atoms with Gasteiger partial charge in [0.25, 0.3) is 15.9 Å². The lowest BCUT2D eigenvalue weighted by atomic mass is 9.94. The van der Waals surface area contributed by atoms with Crippen LogP contribution in [0, 0.1) is 0 Å². The van der Waals surface area contributed by atoms with Gasteiger partial charge in [0, 0.05) is 13.7 Å². The number of rotatable bonds is 6. The zero-order chi connectivity index (χ0) is 24.6. The Morgan fingerprint density at radius 3 is 2.61 bits per heavy atom. The van der Waals surface area contributed by atoms with Gasteiger partial charge in [-0.05, 0) is 30.5 Å². The third-order valence-corrected chi connectivity index (χ3v) is 5.86. The fourth-order valence-corrected chi connectivity index (χ4v) is 4.32. The van der Waals surface area contributed by atoms with Crippen LogP contribution in [0.4, 0.5) is 23.7 Å². The monoisotopic (exact) mass is 497 g/mol. The topological polar surface area (TPSA) is 135 Å². The molecule has 11 nitrogen and oxygen atoms in total. The molecule has 2 amide bonds. The predicted molar refractivity (Wildman–Crippen MR) is 105 cm³/mol. The molecule has 184 valence electrons. The Balaban J connectivity index is 2.06. The number of carbonyl (C=O) groups excluding carboxylic acids is 2. The van der Waals surface area contributed by atoms with Crippen LogP contribution >= 0.6 is 0 Å². The van der Waals surface area contributed by atoms with E-state index in [4.69, 9.17) is 14.2 Å². The van der Waals surface area contributed by atoms with Crippen molar-refractivity contribution in [3.05, 3.63) is 28.8 Å². The van der Waals surface area contributed by atoms with Crippen LogP contribution in [-0.2, 0) is 30.4 Å². The number of sulfonamides is 1. The number of anilines is 1. The number of hydrogen-bond donors (Lipinski definition) is 2. The summed E-state index contributed by atoms with van der Waals surface area (Å²) in [5.41, 5.74) is -2.15. The smallest absolute Gasteiger partial charge is 0.443 e. The molecule has 2 N–H and O–H groups in total. The number of halogens is 3. The van der Waals surface area contributed by atoms with E-state index in [0.717, 1.165) is 6.07 Å². The Kier molecular flexibility index (Phi) is 7.07. The van der Waals surface area contributed by atoms with Crippen molar-refractivity contribution in [1.82, 2.24) is 9.42 Å². The third-order valence-electron chi connectivity index (χ3n) is 4.91. The molecule has 0 spiro atoms. The summed E-state index contributed by atoms with van der Waals surface area (Å²) in [5, 5.41) is 12.7. The molecular weight excluding hydrogens is 475 g/mol. The van der Waals surface area contributed by atoms with Gasteiger partial charge in [0.1, 0.15) is 6.61 Å². The number of nitrogens with one attached hydrogen (secondary N) is 1. The van der Waals surface area contributed by atoms with Gasteiger partial charge in [0.05, 0.1) is 35.8 Å². The molecule has 3 rings (SSSR count). The molecule has 1 aromatic carbocycles. The fourth-order valence-electron chi connectivity index (χ4n) is 3.51. The van der Waals surface area contributed by atoms with E-state index < -0.39 is 51.8 Å². The molecule has 1 saturated heterocycles. The minimum Gasteiger partial charge on any atom is -0.445 e. The van der Waals surface area contributed by atoms with Crippen LogP contribution in [0.5, 0.6) is 0 Å². The Bertz CT molecular complexity index is 1030. The molecule has 2 aliphatic heterocycles. The molecule has 2 heterocycles. The Labute approximate surface area is 187 Å². The van der Waals surface area contributed by atoms with Gasteiger partial charge in [-0.15, -0.1) is 4.41 Å². The Hall–Kier alpha value is -2.62. The van der Waals surface area contributed by atoms with E-state index in [1.165, 1.54) is 7.11 Å². The summed E-state index contributed by atoms with van der Waals surface area (Å²) >= 11 is 0. The van der Waals surface area contributed by atoms with Crippen molar-refractivity contribution < 1.29 is 50.5 Å². The van der Waals surface area contributed by atoms with E-state index >= 15 is 0 Å². The number of nitrogens with zero attached hydrogens (tertiary/aromatic N) is 2. The maximum Gasteiger partial charge on any atom is 0.443 e. The summed E-state index contributed by atoms with van der Waals surface area (Å²) in [5.74, 6) is -1.24. The van der Waals surface area contributed by atoms with Crippen molar-refractivity contribution >= 4 is 27.7 Å². The summed E-state index contributed by atoms with van der Waals surface area (Å²) < 4.78 is 80.3. The van der Waals surface area contributed by atoms with E-state index in [0.29, 0.717) is 18.7 Å². The second kappa shape index (κ2) is 9.32. The van der Waals surface area contributed by atoms with Crippen molar-refractivity contribution in [1.29, 1.82) is 0 Å². The van der Waals surface area contributed by atoms with Crippen molar-refractivity contribution in [2.75, 3.05) is 38.5 Å². The Morgan fingerprint density at radius 2 is 2.06 bits per heavy atom. The van der Waals surface area contributed by atoms with E-state index in [9.17, 15) is 36.3 Å². The molecule has 1 fully saturated rings. The van der Waals surface area contributed by atoms with Gasteiger partial charge in [-0.25, -0.2) is 13.2 Å². The zero-order valence-electron chi connectivity index (χ0n) is 17.6.